The molecule has 0 spiro atoms. The Morgan fingerprint density at radius 2 is 1.92 bits per heavy atom. The van der Waals surface area contributed by atoms with Crippen LogP contribution in [0.3, 0.4) is 0 Å². The van der Waals surface area contributed by atoms with Gasteiger partial charge in [-0.25, -0.2) is 9.59 Å². The van der Waals surface area contributed by atoms with Gasteiger partial charge in [-0.15, -0.1) is 0 Å². The summed E-state index contributed by atoms with van der Waals surface area (Å²) in [4.78, 5) is 35.7. The molecule has 1 aliphatic carbocycles. The molecule has 1 aliphatic rings. The summed E-state index contributed by atoms with van der Waals surface area (Å²) in [5.41, 5.74) is 0.758. The van der Waals surface area contributed by atoms with Gasteiger partial charge in [0.1, 0.15) is 11.3 Å². The SMILES string of the molecule is Cc1ccc(C(=O)O[C@H](C)C(=O)NC(=O)NC2CCCC2)c(O)c1. The maximum Gasteiger partial charge on any atom is 0.342 e. The predicted octanol–water partition coefficient (Wildman–Crippen LogP) is 2.01. The maximum absolute atomic E-state index is 12.0. The van der Waals surface area contributed by atoms with Gasteiger partial charge >= 0.3 is 12.0 Å². The largest absolute Gasteiger partial charge is 0.507 e. The lowest BCUT2D eigenvalue weighted by Gasteiger charge is -2.16. The number of urea groups is 1. The number of hydrogen-bond donors (Lipinski definition) is 3. The van der Waals surface area contributed by atoms with Crippen LogP contribution in [0.1, 0.15) is 48.5 Å². The minimum Gasteiger partial charge on any atom is -0.507 e. The molecular weight excluding hydrogens is 312 g/mol. The number of aryl methyl sites for hydroxylation is 1. The van der Waals surface area contributed by atoms with E-state index in [4.69, 9.17) is 4.74 Å². The molecule has 130 valence electrons. The van der Waals surface area contributed by atoms with Gasteiger partial charge < -0.3 is 15.2 Å². The van der Waals surface area contributed by atoms with Crippen molar-refractivity contribution in [3.8, 4) is 5.75 Å². The second-order valence-corrected chi connectivity index (χ2v) is 6.01. The van der Waals surface area contributed by atoms with Gasteiger partial charge in [0.05, 0.1) is 0 Å². The molecule has 24 heavy (non-hydrogen) atoms. The van der Waals surface area contributed by atoms with Crippen molar-refractivity contribution in [2.45, 2.75) is 51.7 Å². The Labute approximate surface area is 140 Å². The van der Waals surface area contributed by atoms with E-state index in [0.717, 1.165) is 31.2 Å². The third kappa shape index (κ3) is 4.71. The van der Waals surface area contributed by atoms with Crippen molar-refractivity contribution in [1.82, 2.24) is 10.6 Å². The summed E-state index contributed by atoms with van der Waals surface area (Å²) in [6, 6.07) is 3.99. The highest BCUT2D eigenvalue weighted by molar-refractivity contribution is 5.99. The Balaban J connectivity index is 1.86. The van der Waals surface area contributed by atoms with Crippen molar-refractivity contribution in [3.63, 3.8) is 0 Å². The zero-order valence-corrected chi connectivity index (χ0v) is 13.8. The fourth-order valence-electron chi connectivity index (χ4n) is 2.60. The number of benzene rings is 1. The van der Waals surface area contributed by atoms with Gasteiger partial charge in [-0.1, -0.05) is 18.9 Å². The van der Waals surface area contributed by atoms with E-state index >= 15 is 0 Å². The van der Waals surface area contributed by atoms with Crippen LogP contribution in [0.4, 0.5) is 4.79 Å². The molecule has 0 radical (unpaired) electrons. The van der Waals surface area contributed by atoms with Gasteiger partial charge in [0.15, 0.2) is 6.10 Å². The maximum atomic E-state index is 12.0. The quantitative estimate of drug-likeness (QED) is 0.731. The number of ether oxygens (including phenoxy) is 1. The molecule has 2 rings (SSSR count). The van der Waals surface area contributed by atoms with Crippen LogP contribution in [-0.2, 0) is 9.53 Å². The summed E-state index contributed by atoms with van der Waals surface area (Å²) < 4.78 is 5.00. The molecule has 3 amide bonds. The van der Waals surface area contributed by atoms with Gasteiger partial charge in [0.25, 0.3) is 5.91 Å². The first kappa shape index (κ1) is 17.8. The monoisotopic (exact) mass is 334 g/mol. The topological polar surface area (TPSA) is 105 Å². The predicted molar refractivity (Wildman–Crippen MR) is 86.7 cm³/mol. The number of amides is 3. The Morgan fingerprint density at radius 3 is 2.54 bits per heavy atom. The summed E-state index contributed by atoms with van der Waals surface area (Å²) in [6.45, 7) is 3.13. The van der Waals surface area contributed by atoms with Crippen LogP contribution in [0, 0.1) is 6.92 Å². The van der Waals surface area contributed by atoms with Crippen molar-refractivity contribution in [2.24, 2.45) is 0 Å². The number of aromatic hydroxyl groups is 1. The number of carbonyl (C=O) groups is 3. The highest BCUT2D eigenvalue weighted by Crippen LogP contribution is 2.20. The minimum absolute atomic E-state index is 0.0318. The van der Waals surface area contributed by atoms with E-state index < -0.39 is 24.0 Å². The smallest absolute Gasteiger partial charge is 0.342 e. The van der Waals surface area contributed by atoms with Crippen molar-refractivity contribution in [2.75, 3.05) is 0 Å². The van der Waals surface area contributed by atoms with Crippen molar-refractivity contribution in [3.05, 3.63) is 29.3 Å². The van der Waals surface area contributed by atoms with Crippen molar-refractivity contribution in [1.29, 1.82) is 0 Å². The molecule has 0 heterocycles. The lowest BCUT2D eigenvalue weighted by atomic mass is 10.1. The molecule has 0 unspecified atom stereocenters. The average molecular weight is 334 g/mol. The molecule has 1 atom stereocenters. The zero-order valence-electron chi connectivity index (χ0n) is 13.8. The second kappa shape index (κ2) is 7.81. The van der Waals surface area contributed by atoms with Crippen LogP contribution < -0.4 is 10.6 Å². The van der Waals surface area contributed by atoms with Gasteiger partial charge in [0.2, 0.25) is 0 Å². The fourth-order valence-corrected chi connectivity index (χ4v) is 2.60. The fraction of sp³-hybridized carbons (Fsp3) is 0.471. The van der Waals surface area contributed by atoms with Crippen LogP contribution in [0.15, 0.2) is 18.2 Å². The van der Waals surface area contributed by atoms with E-state index in [1.54, 1.807) is 13.0 Å². The molecule has 1 saturated carbocycles. The first-order valence-corrected chi connectivity index (χ1v) is 7.99. The number of phenolic OH excluding ortho intramolecular Hbond substituents is 1. The molecule has 0 aliphatic heterocycles. The zero-order chi connectivity index (χ0) is 17.7. The third-order valence-corrected chi connectivity index (χ3v) is 3.95. The molecule has 1 aromatic carbocycles. The van der Waals surface area contributed by atoms with E-state index in [1.165, 1.54) is 19.1 Å². The summed E-state index contributed by atoms with van der Waals surface area (Å²) in [5, 5.41) is 14.6. The molecule has 0 aromatic heterocycles. The number of nitrogens with one attached hydrogen (secondary N) is 2. The van der Waals surface area contributed by atoms with E-state index in [1.807, 2.05) is 0 Å². The van der Waals surface area contributed by atoms with Crippen LogP contribution in [0.25, 0.3) is 0 Å². The minimum atomic E-state index is -1.16. The van der Waals surface area contributed by atoms with E-state index in [2.05, 4.69) is 10.6 Å². The van der Waals surface area contributed by atoms with E-state index in [-0.39, 0.29) is 17.4 Å². The van der Waals surface area contributed by atoms with Crippen LogP contribution >= 0.6 is 0 Å². The second-order valence-electron chi connectivity index (χ2n) is 6.01. The lowest BCUT2D eigenvalue weighted by Crippen LogP contribution is -2.47. The summed E-state index contributed by atoms with van der Waals surface area (Å²) in [7, 11) is 0. The van der Waals surface area contributed by atoms with Gasteiger partial charge in [-0.05, 0) is 44.4 Å². The Kier molecular flexibility index (Phi) is 5.78. The van der Waals surface area contributed by atoms with Crippen LogP contribution in [-0.4, -0.2) is 35.2 Å². The number of phenols is 1. The normalized spacial score (nSPS) is 15.6. The van der Waals surface area contributed by atoms with Crippen LogP contribution in [0.5, 0.6) is 5.75 Å². The molecule has 7 heteroatoms. The lowest BCUT2D eigenvalue weighted by molar-refractivity contribution is -0.127. The number of esters is 1. The Morgan fingerprint density at radius 1 is 1.25 bits per heavy atom. The molecule has 1 aromatic rings. The van der Waals surface area contributed by atoms with E-state index in [0.29, 0.717) is 0 Å². The molecule has 0 bridgehead atoms. The Bertz CT molecular complexity index is 638. The first-order chi connectivity index (χ1) is 11.4. The van der Waals surface area contributed by atoms with Gasteiger partial charge in [-0.3, -0.25) is 10.1 Å². The van der Waals surface area contributed by atoms with Gasteiger partial charge in [0, 0.05) is 6.04 Å². The molecule has 1 fully saturated rings. The molecule has 3 N–H and O–H groups in total. The van der Waals surface area contributed by atoms with Crippen molar-refractivity contribution < 1.29 is 24.2 Å². The molecule has 0 saturated heterocycles. The summed E-state index contributed by atoms with van der Waals surface area (Å²) in [5.74, 6) is -1.76. The third-order valence-electron chi connectivity index (χ3n) is 3.95. The first-order valence-electron chi connectivity index (χ1n) is 7.99. The molecular formula is C17H22N2O5. The summed E-state index contributed by atoms with van der Waals surface area (Å²) >= 11 is 0. The summed E-state index contributed by atoms with van der Waals surface area (Å²) in [6.07, 6.45) is 2.77. The average Bonchev–Trinajstić information content (AvgIpc) is 2.99. The number of imide groups is 1. The standard InChI is InChI=1S/C17H22N2O5/c1-10-7-8-13(14(20)9-10)16(22)24-11(2)15(21)19-17(23)18-12-5-3-4-6-12/h7-9,11-12,20H,3-6H2,1-2H3,(H2,18,19,21,23)/t11-/m1/s1. The van der Waals surface area contributed by atoms with Crippen molar-refractivity contribution >= 4 is 17.9 Å². The van der Waals surface area contributed by atoms with Gasteiger partial charge in [-0.2, -0.15) is 0 Å². The number of hydrogen-bond acceptors (Lipinski definition) is 5. The number of carbonyl (C=O) groups excluding carboxylic acids is 3. The van der Waals surface area contributed by atoms with E-state index in [9.17, 15) is 19.5 Å². The highest BCUT2D eigenvalue weighted by atomic mass is 16.5. The highest BCUT2D eigenvalue weighted by Gasteiger charge is 2.24. The Hall–Kier alpha value is -2.57. The molecule has 7 nitrogen and oxygen atoms in total. The number of rotatable bonds is 4. The van der Waals surface area contributed by atoms with Crippen LogP contribution in [0.2, 0.25) is 0 Å².